The van der Waals surface area contributed by atoms with E-state index in [1.807, 2.05) is 12.1 Å². The van der Waals surface area contributed by atoms with E-state index in [4.69, 9.17) is 9.15 Å². The van der Waals surface area contributed by atoms with Crippen molar-refractivity contribution in [1.82, 2.24) is 5.32 Å². The van der Waals surface area contributed by atoms with Crippen LogP contribution in [0.3, 0.4) is 0 Å². The van der Waals surface area contributed by atoms with Gasteiger partial charge < -0.3 is 24.7 Å². The van der Waals surface area contributed by atoms with Crippen LogP contribution >= 0.6 is 0 Å². The summed E-state index contributed by atoms with van der Waals surface area (Å²) in [5, 5.41) is 5.64. The van der Waals surface area contributed by atoms with Crippen molar-refractivity contribution in [2.24, 2.45) is 0 Å². The second-order valence-electron chi connectivity index (χ2n) is 6.96. The third-order valence-electron chi connectivity index (χ3n) is 4.89. The molecule has 1 saturated heterocycles. The molecule has 0 saturated carbocycles. The molecule has 2 amide bonds. The van der Waals surface area contributed by atoms with Crippen LogP contribution in [0.1, 0.15) is 26.5 Å². The Bertz CT molecular complexity index is 994. The van der Waals surface area contributed by atoms with Gasteiger partial charge in [0.2, 0.25) is 0 Å². The minimum Gasteiger partial charge on any atom is -0.459 e. The Morgan fingerprint density at radius 1 is 0.933 bits per heavy atom. The average molecular weight is 405 g/mol. The highest BCUT2D eigenvalue weighted by Gasteiger charge is 2.12. The van der Waals surface area contributed by atoms with Crippen molar-refractivity contribution in [3.63, 3.8) is 0 Å². The summed E-state index contributed by atoms with van der Waals surface area (Å²) in [6.45, 7) is 3.70. The molecule has 1 aliphatic rings. The zero-order valence-corrected chi connectivity index (χ0v) is 16.5. The molecule has 0 atom stereocenters. The van der Waals surface area contributed by atoms with Crippen molar-refractivity contribution in [2.75, 3.05) is 36.5 Å². The van der Waals surface area contributed by atoms with Crippen LogP contribution in [-0.2, 0) is 11.3 Å². The number of hydrogen-bond acceptors (Lipinski definition) is 5. The SMILES string of the molecule is O=C(NCc1ccc(N2CCOCC2)cc1)c1cccc(NC(=O)c2ccco2)c1. The van der Waals surface area contributed by atoms with Gasteiger partial charge in [0.05, 0.1) is 19.5 Å². The van der Waals surface area contributed by atoms with Crippen molar-refractivity contribution in [2.45, 2.75) is 6.54 Å². The molecular formula is C23H23N3O4. The molecule has 1 aliphatic heterocycles. The normalized spacial score (nSPS) is 13.7. The van der Waals surface area contributed by atoms with Crippen molar-refractivity contribution in [3.05, 3.63) is 83.8 Å². The molecule has 0 aliphatic carbocycles. The second-order valence-corrected chi connectivity index (χ2v) is 6.96. The van der Waals surface area contributed by atoms with Crippen LogP contribution < -0.4 is 15.5 Å². The average Bonchev–Trinajstić information content (AvgIpc) is 3.34. The molecule has 154 valence electrons. The first-order valence-electron chi connectivity index (χ1n) is 9.84. The van der Waals surface area contributed by atoms with Crippen LogP contribution in [-0.4, -0.2) is 38.1 Å². The van der Waals surface area contributed by atoms with Gasteiger partial charge in [0.25, 0.3) is 11.8 Å². The Balaban J connectivity index is 1.33. The van der Waals surface area contributed by atoms with Gasteiger partial charge in [0.15, 0.2) is 5.76 Å². The fourth-order valence-electron chi connectivity index (χ4n) is 3.27. The highest BCUT2D eigenvalue weighted by molar-refractivity contribution is 6.03. The highest BCUT2D eigenvalue weighted by atomic mass is 16.5. The number of benzene rings is 2. The standard InChI is InChI=1S/C23H23N3O4/c27-22(18-3-1-4-19(15-18)25-23(28)21-5-2-12-30-21)24-16-17-6-8-20(9-7-17)26-10-13-29-14-11-26/h1-9,12,15H,10-11,13-14,16H2,(H,24,27)(H,25,28). The minimum absolute atomic E-state index is 0.207. The molecule has 1 fully saturated rings. The number of nitrogens with zero attached hydrogens (tertiary/aromatic N) is 1. The monoisotopic (exact) mass is 405 g/mol. The van der Waals surface area contributed by atoms with E-state index in [-0.39, 0.29) is 17.6 Å². The maximum atomic E-state index is 12.5. The van der Waals surface area contributed by atoms with E-state index in [2.05, 4.69) is 27.7 Å². The van der Waals surface area contributed by atoms with Gasteiger partial charge in [-0.25, -0.2) is 0 Å². The van der Waals surface area contributed by atoms with Gasteiger partial charge in [-0.1, -0.05) is 18.2 Å². The molecule has 0 spiro atoms. The molecule has 3 aromatic rings. The number of hydrogen-bond donors (Lipinski definition) is 2. The number of anilines is 2. The van der Waals surface area contributed by atoms with Gasteiger partial charge in [-0.05, 0) is 48.0 Å². The summed E-state index contributed by atoms with van der Waals surface area (Å²) in [6.07, 6.45) is 1.44. The van der Waals surface area contributed by atoms with Crippen molar-refractivity contribution < 1.29 is 18.7 Å². The number of nitrogens with one attached hydrogen (secondary N) is 2. The molecule has 2 aromatic carbocycles. The molecule has 4 rings (SSSR count). The lowest BCUT2D eigenvalue weighted by Crippen LogP contribution is -2.36. The topological polar surface area (TPSA) is 83.8 Å². The predicted octanol–water partition coefficient (Wildman–Crippen LogP) is 3.30. The molecule has 0 radical (unpaired) electrons. The Labute approximate surface area is 174 Å². The van der Waals surface area contributed by atoms with Crippen LogP contribution in [0.25, 0.3) is 0 Å². The summed E-state index contributed by atoms with van der Waals surface area (Å²) < 4.78 is 10.5. The van der Waals surface area contributed by atoms with Gasteiger partial charge in [0.1, 0.15) is 0 Å². The summed E-state index contributed by atoms with van der Waals surface area (Å²) in [4.78, 5) is 26.9. The molecule has 1 aromatic heterocycles. The van der Waals surface area contributed by atoms with E-state index < -0.39 is 0 Å². The summed E-state index contributed by atoms with van der Waals surface area (Å²) in [5.74, 6) is -0.357. The smallest absolute Gasteiger partial charge is 0.291 e. The summed E-state index contributed by atoms with van der Waals surface area (Å²) in [6, 6.07) is 18.2. The van der Waals surface area contributed by atoms with E-state index in [9.17, 15) is 9.59 Å². The Morgan fingerprint density at radius 2 is 1.73 bits per heavy atom. The number of amides is 2. The lowest BCUT2D eigenvalue weighted by Gasteiger charge is -2.28. The Kier molecular flexibility index (Phi) is 6.10. The van der Waals surface area contributed by atoms with Crippen molar-refractivity contribution in [1.29, 1.82) is 0 Å². The summed E-state index contributed by atoms with van der Waals surface area (Å²) >= 11 is 0. The fourth-order valence-corrected chi connectivity index (χ4v) is 3.27. The van der Waals surface area contributed by atoms with Crippen LogP contribution in [0.15, 0.2) is 71.3 Å². The van der Waals surface area contributed by atoms with Gasteiger partial charge >= 0.3 is 0 Å². The van der Waals surface area contributed by atoms with Gasteiger partial charge in [-0.3, -0.25) is 9.59 Å². The maximum absolute atomic E-state index is 12.5. The van der Waals surface area contributed by atoms with Crippen molar-refractivity contribution >= 4 is 23.2 Å². The van der Waals surface area contributed by atoms with Gasteiger partial charge in [-0.15, -0.1) is 0 Å². The fraction of sp³-hybridized carbons (Fsp3) is 0.217. The van der Waals surface area contributed by atoms with Crippen LogP contribution in [0.5, 0.6) is 0 Å². The van der Waals surface area contributed by atoms with E-state index in [0.29, 0.717) is 17.8 Å². The first-order valence-corrected chi connectivity index (χ1v) is 9.84. The molecule has 30 heavy (non-hydrogen) atoms. The minimum atomic E-state index is -0.363. The molecule has 0 unspecified atom stereocenters. The summed E-state index contributed by atoms with van der Waals surface area (Å²) in [5.41, 5.74) is 3.17. The van der Waals surface area contributed by atoms with Crippen molar-refractivity contribution in [3.8, 4) is 0 Å². The largest absolute Gasteiger partial charge is 0.459 e. The Hall–Kier alpha value is -3.58. The van der Waals surface area contributed by atoms with Crippen LogP contribution in [0, 0.1) is 0 Å². The van der Waals surface area contributed by atoms with Crippen LogP contribution in [0.4, 0.5) is 11.4 Å². The molecule has 7 heteroatoms. The second kappa shape index (κ2) is 9.28. The number of morpholine rings is 1. The van der Waals surface area contributed by atoms with Crippen LogP contribution in [0.2, 0.25) is 0 Å². The third kappa shape index (κ3) is 4.87. The zero-order chi connectivity index (χ0) is 20.8. The van der Waals surface area contributed by atoms with E-state index in [1.165, 1.54) is 6.26 Å². The maximum Gasteiger partial charge on any atom is 0.291 e. The molecular weight excluding hydrogens is 382 g/mol. The number of carbonyl (C=O) groups is 2. The van der Waals surface area contributed by atoms with E-state index >= 15 is 0 Å². The predicted molar refractivity (Wildman–Crippen MR) is 114 cm³/mol. The lowest BCUT2D eigenvalue weighted by molar-refractivity contribution is 0.0949. The molecule has 2 N–H and O–H groups in total. The molecule has 0 bridgehead atoms. The zero-order valence-electron chi connectivity index (χ0n) is 16.5. The van der Waals surface area contributed by atoms with Gasteiger partial charge in [0, 0.05) is 36.6 Å². The number of ether oxygens (including phenoxy) is 1. The molecule has 7 nitrogen and oxygen atoms in total. The number of rotatable bonds is 6. The third-order valence-corrected chi connectivity index (χ3v) is 4.89. The number of furan rings is 1. The van der Waals surface area contributed by atoms with E-state index in [1.54, 1.807) is 36.4 Å². The first-order chi connectivity index (χ1) is 14.7. The number of carbonyl (C=O) groups excluding carboxylic acids is 2. The van der Waals surface area contributed by atoms with Gasteiger partial charge in [-0.2, -0.15) is 0 Å². The first kappa shape index (κ1) is 19.7. The lowest BCUT2D eigenvalue weighted by atomic mass is 10.1. The summed E-state index contributed by atoms with van der Waals surface area (Å²) in [7, 11) is 0. The highest BCUT2D eigenvalue weighted by Crippen LogP contribution is 2.17. The van der Waals surface area contributed by atoms with E-state index in [0.717, 1.165) is 37.6 Å². The quantitative estimate of drug-likeness (QED) is 0.657. The Morgan fingerprint density at radius 3 is 2.47 bits per heavy atom. The molecule has 2 heterocycles.